The van der Waals surface area contributed by atoms with Crippen LogP contribution in [-0.4, -0.2) is 42.2 Å². The molecular weight excluding hydrogens is 280 g/mol. The summed E-state index contributed by atoms with van der Waals surface area (Å²) < 4.78 is 30.4. The van der Waals surface area contributed by atoms with Crippen molar-refractivity contribution in [3.05, 3.63) is 0 Å². The van der Waals surface area contributed by atoms with Gasteiger partial charge in [0, 0.05) is 0 Å². The number of hydrogen-bond acceptors (Lipinski definition) is 4. The highest BCUT2D eigenvalue weighted by atomic mass is 32.2. The van der Waals surface area contributed by atoms with Crippen LogP contribution < -0.4 is 0 Å². The van der Waals surface area contributed by atoms with Crippen LogP contribution in [-0.2, 0) is 19.4 Å². The van der Waals surface area contributed by atoms with Gasteiger partial charge in [0.2, 0.25) is 0 Å². The van der Waals surface area contributed by atoms with Gasteiger partial charge in [-0.2, -0.15) is 0 Å². The lowest BCUT2D eigenvalue weighted by Crippen LogP contribution is -2.37. The number of aliphatic carboxylic acids is 1. The van der Waals surface area contributed by atoms with Crippen LogP contribution in [0.2, 0.25) is 0 Å². The molecule has 1 saturated carbocycles. The van der Waals surface area contributed by atoms with Crippen LogP contribution in [0.1, 0.15) is 58.3 Å². The molecule has 2 rings (SSSR count). The Balaban J connectivity index is 1.99. The zero-order valence-electron chi connectivity index (χ0n) is 12.0. The molecule has 1 N–H and O–H groups in total. The molecule has 0 bridgehead atoms. The van der Waals surface area contributed by atoms with Crippen LogP contribution in [0, 0.1) is 0 Å². The normalized spacial score (nSPS) is 27.6. The van der Waals surface area contributed by atoms with E-state index in [0.29, 0.717) is 0 Å². The van der Waals surface area contributed by atoms with Crippen LogP contribution in [0.15, 0.2) is 0 Å². The average molecular weight is 304 g/mol. The van der Waals surface area contributed by atoms with Crippen molar-refractivity contribution in [1.29, 1.82) is 0 Å². The summed E-state index contributed by atoms with van der Waals surface area (Å²) in [5.41, 5.74) is -0.122. The van der Waals surface area contributed by atoms with Gasteiger partial charge >= 0.3 is 5.97 Å². The van der Waals surface area contributed by atoms with Crippen molar-refractivity contribution in [3.63, 3.8) is 0 Å². The Bertz CT molecular complexity index is 450. The van der Waals surface area contributed by atoms with Crippen molar-refractivity contribution in [1.82, 2.24) is 0 Å². The first-order valence-corrected chi connectivity index (χ1v) is 9.22. The molecule has 2 unspecified atom stereocenters. The number of carbonyl (C=O) groups is 1. The molecule has 2 atom stereocenters. The van der Waals surface area contributed by atoms with Crippen LogP contribution in [0.25, 0.3) is 0 Å². The standard InChI is InChI=1S/C14H24O5S/c1-2-12(13(15)16)20(17,18)10-11-6-9-14(19-11)7-4-3-5-8-14/h11-12H,2-10H2,1H3,(H,15,16). The molecule has 0 radical (unpaired) electrons. The summed E-state index contributed by atoms with van der Waals surface area (Å²) >= 11 is 0. The minimum absolute atomic E-state index is 0.107. The summed E-state index contributed by atoms with van der Waals surface area (Å²) in [6.07, 6.45) is 6.97. The molecule has 20 heavy (non-hydrogen) atoms. The Kier molecular flexibility index (Phi) is 4.74. The molecule has 5 nitrogen and oxygen atoms in total. The van der Waals surface area contributed by atoms with Gasteiger partial charge in [-0.15, -0.1) is 0 Å². The smallest absolute Gasteiger partial charge is 0.321 e. The largest absolute Gasteiger partial charge is 0.480 e. The van der Waals surface area contributed by atoms with Gasteiger partial charge in [-0.1, -0.05) is 26.2 Å². The molecule has 1 aliphatic heterocycles. The van der Waals surface area contributed by atoms with E-state index < -0.39 is 21.1 Å². The third kappa shape index (κ3) is 3.34. The third-order valence-electron chi connectivity index (χ3n) is 4.60. The first-order chi connectivity index (χ1) is 9.38. The monoisotopic (exact) mass is 304 g/mol. The van der Waals surface area contributed by atoms with E-state index in [0.717, 1.165) is 38.5 Å². The first-order valence-electron chi connectivity index (χ1n) is 7.51. The predicted octanol–water partition coefficient (Wildman–Crippen LogP) is 2.15. The van der Waals surface area contributed by atoms with Gasteiger partial charge in [-0.3, -0.25) is 4.79 Å². The van der Waals surface area contributed by atoms with Crippen LogP contribution >= 0.6 is 0 Å². The molecule has 0 aromatic carbocycles. The Labute approximate surface area is 120 Å². The molecule has 1 spiro atoms. The minimum Gasteiger partial charge on any atom is -0.480 e. The van der Waals surface area contributed by atoms with Crippen molar-refractivity contribution < 1.29 is 23.1 Å². The van der Waals surface area contributed by atoms with E-state index in [2.05, 4.69) is 0 Å². The van der Waals surface area contributed by atoms with Gasteiger partial charge in [0.1, 0.15) is 0 Å². The third-order valence-corrected chi connectivity index (χ3v) is 6.84. The SMILES string of the molecule is CCC(C(=O)O)S(=O)(=O)CC1CCC2(CCCCC2)O1. The summed E-state index contributed by atoms with van der Waals surface area (Å²) in [4.78, 5) is 11.0. The number of carboxylic acids is 1. The molecule has 6 heteroatoms. The van der Waals surface area contributed by atoms with Crippen molar-refractivity contribution >= 4 is 15.8 Å². The number of carboxylic acid groups (broad SMARTS) is 1. The zero-order chi connectivity index (χ0) is 14.8. The highest BCUT2D eigenvalue weighted by Crippen LogP contribution is 2.42. The molecule has 1 heterocycles. The highest BCUT2D eigenvalue weighted by Gasteiger charge is 2.43. The van der Waals surface area contributed by atoms with E-state index in [-0.39, 0.29) is 23.9 Å². The molecule has 1 saturated heterocycles. The van der Waals surface area contributed by atoms with Gasteiger partial charge < -0.3 is 9.84 Å². The number of hydrogen-bond donors (Lipinski definition) is 1. The topological polar surface area (TPSA) is 80.7 Å². The van der Waals surface area contributed by atoms with E-state index in [1.54, 1.807) is 6.92 Å². The van der Waals surface area contributed by atoms with Gasteiger partial charge in [-0.25, -0.2) is 8.42 Å². The second kappa shape index (κ2) is 6.02. The molecule has 116 valence electrons. The summed E-state index contributed by atoms with van der Waals surface area (Å²) in [6.45, 7) is 1.59. The zero-order valence-corrected chi connectivity index (χ0v) is 12.8. The predicted molar refractivity (Wildman–Crippen MR) is 75.4 cm³/mol. The molecule has 0 aromatic rings. The quantitative estimate of drug-likeness (QED) is 0.841. The highest BCUT2D eigenvalue weighted by molar-refractivity contribution is 7.92. The Morgan fingerprint density at radius 1 is 1.30 bits per heavy atom. The second-order valence-corrected chi connectivity index (χ2v) is 8.31. The van der Waals surface area contributed by atoms with E-state index in [9.17, 15) is 13.2 Å². The maximum Gasteiger partial charge on any atom is 0.321 e. The van der Waals surface area contributed by atoms with Crippen molar-refractivity contribution in [3.8, 4) is 0 Å². The lowest BCUT2D eigenvalue weighted by molar-refractivity contribution is -0.136. The summed E-state index contributed by atoms with van der Waals surface area (Å²) in [7, 11) is -3.63. The number of ether oxygens (including phenoxy) is 1. The Hall–Kier alpha value is -0.620. The van der Waals surface area contributed by atoms with Gasteiger partial charge in [0.25, 0.3) is 0 Å². The minimum atomic E-state index is -3.63. The fraction of sp³-hybridized carbons (Fsp3) is 0.929. The Morgan fingerprint density at radius 3 is 2.50 bits per heavy atom. The fourth-order valence-corrected chi connectivity index (χ4v) is 5.33. The average Bonchev–Trinajstić information content (AvgIpc) is 2.72. The van der Waals surface area contributed by atoms with Crippen molar-refractivity contribution in [2.75, 3.05) is 5.75 Å². The molecule has 1 aliphatic carbocycles. The van der Waals surface area contributed by atoms with Gasteiger partial charge in [0.15, 0.2) is 15.1 Å². The van der Waals surface area contributed by atoms with Crippen molar-refractivity contribution in [2.24, 2.45) is 0 Å². The van der Waals surface area contributed by atoms with Crippen LogP contribution in [0.3, 0.4) is 0 Å². The number of sulfone groups is 1. The Morgan fingerprint density at radius 2 is 1.95 bits per heavy atom. The number of rotatable bonds is 5. The molecule has 0 aromatic heterocycles. The van der Waals surface area contributed by atoms with E-state index in [1.807, 2.05) is 0 Å². The lowest BCUT2D eigenvalue weighted by atomic mass is 9.83. The maximum atomic E-state index is 12.2. The lowest BCUT2D eigenvalue weighted by Gasteiger charge is -2.33. The van der Waals surface area contributed by atoms with E-state index in [4.69, 9.17) is 9.84 Å². The summed E-state index contributed by atoms with van der Waals surface area (Å²) in [5, 5.41) is 7.71. The fourth-order valence-electron chi connectivity index (χ4n) is 3.53. The second-order valence-electron chi connectivity index (χ2n) is 6.09. The summed E-state index contributed by atoms with van der Waals surface area (Å²) in [5.74, 6) is -1.41. The molecule has 2 aliphatic rings. The van der Waals surface area contributed by atoms with E-state index >= 15 is 0 Å². The van der Waals surface area contributed by atoms with Gasteiger partial charge in [-0.05, 0) is 32.1 Å². The van der Waals surface area contributed by atoms with Crippen LogP contribution in [0.5, 0.6) is 0 Å². The summed E-state index contributed by atoms with van der Waals surface area (Å²) in [6, 6.07) is 0. The maximum absolute atomic E-state index is 12.2. The molecule has 2 fully saturated rings. The van der Waals surface area contributed by atoms with E-state index in [1.165, 1.54) is 6.42 Å². The molecule has 0 amide bonds. The van der Waals surface area contributed by atoms with Crippen molar-refractivity contribution in [2.45, 2.75) is 75.2 Å². The molecular formula is C14H24O5S. The first kappa shape index (κ1) is 15.8. The van der Waals surface area contributed by atoms with Crippen LogP contribution in [0.4, 0.5) is 0 Å². The van der Waals surface area contributed by atoms with Gasteiger partial charge in [0.05, 0.1) is 17.5 Å².